The minimum atomic E-state index is -0.317. The highest BCUT2D eigenvalue weighted by Gasteiger charge is 2.18. The van der Waals surface area contributed by atoms with Crippen molar-refractivity contribution in [1.82, 2.24) is 29.6 Å². The second kappa shape index (κ2) is 12.2. The third-order valence-electron chi connectivity index (χ3n) is 5.94. The molecule has 39 heavy (non-hydrogen) atoms. The fraction of sp³-hybridized carbons (Fsp3) is 0.296. The Hall–Kier alpha value is -4.71. The molecule has 0 spiro atoms. The summed E-state index contributed by atoms with van der Waals surface area (Å²) in [6.45, 7) is 7.87. The van der Waals surface area contributed by atoms with Crippen molar-refractivity contribution in [3.63, 3.8) is 0 Å². The molecule has 0 saturated heterocycles. The number of nitrogens with one attached hydrogen (secondary N) is 3. The Bertz CT molecular complexity index is 1470. The molecule has 0 bridgehead atoms. The fourth-order valence-electron chi connectivity index (χ4n) is 3.97. The predicted octanol–water partition coefficient (Wildman–Crippen LogP) is 3.52. The largest absolute Gasteiger partial charge is 0.494 e. The van der Waals surface area contributed by atoms with E-state index in [2.05, 4.69) is 47.4 Å². The summed E-state index contributed by atoms with van der Waals surface area (Å²) in [7, 11) is 7.58. The molecule has 0 aliphatic carbocycles. The first-order valence-corrected chi connectivity index (χ1v) is 12.5. The highest BCUT2D eigenvalue weighted by atomic mass is 16.5. The second-order valence-electron chi connectivity index (χ2n) is 9.01. The van der Waals surface area contributed by atoms with Crippen LogP contribution in [0.25, 0.3) is 16.9 Å². The quantitative estimate of drug-likeness (QED) is 0.234. The van der Waals surface area contributed by atoms with Crippen LogP contribution < -0.4 is 25.6 Å². The molecule has 12 heteroatoms. The van der Waals surface area contributed by atoms with E-state index >= 15 is 0 Å². The van der Waals surface area contributed by atoms with Crippen molar-refractivity contribution in [3.05, 3.63) is 55.4 Å². The number of fused-ring (bicyclic) bond motifs is 1. The average molecular weight is 531 g/mol. The lowest BCUT2D eigenvalue weighted by Gasteiger charge is -2.26. The van der Waals surface area contributed by atoms with Gasteiger partial charge in [-0.1, -0.05) is 6.58 Å². The van der Waals surface area contributed by atoms with Gasteiger partial charge in [0.15, 0.2) is 11.6 Å². The number of ether oxygens (including phenoxy) is 1. The van der Waals surface area contributed by atoms with E-state index < -0.39 is 0 Å². The number of pyridine rings is 1. The number of benzene rings is 1. The zero-order valence-corrected chi connectivity index (χ0v) is 22.9. The lowest BCUT2D eigenvalue weighted by atomic mass is 10.2. The Morgan fingerprint density at radius 1 is 1.13 bits per heavy atom. The summed E-state index contributed by atoms with van der Waals surface area (Å²) >= 11 is 0. The van der Waals surface area contributed by atoms with Gasteiger partial charge in [0.2, 0.25) is 11.9 Å². The van der Waals surface area contributed by atoms with Crippen LogP contribution in [-0.2, 0) is 4.79 Å². The molecule has 0 saturated carbocycles. The van der Waals surface area contributed by atoms with Crippen LogP contribution in [0.1, 0.15) is 6.92 Å². The van der Waals surface area contributed by atoms with Gasteiger partial charge in [0.25, 0.3) is 0 Å². The summed E-state index contributed by atoms with van der Waals surface area (Å²) in [6.07, 6.45) is 4.62. The lowest BCUT2D eigenvalue weighted by molar-refractivity contribution is -0.111. The minimum Gasteiger partial charge on any atom is -0.494 e. The standard InChI is InChI=1S/C27H34N10O2/c1-7-24(38)31-18-16-19(22(39-6)17-21(18)36(5)15-14-35(3)4)32-27-30-13-11-23(33-27)37-20-10-9-12-29-25(20)26(34-37)28-8-2/h7,9-13,16-17H,1,8,14-15H2,2-6H3,(H,28,34)(H,31,38)(H,30,32,33). The van der Waals surface area contributed by atoms with Crippen molar-refractivity contribution in [2.24, 2.45) is 0 Å². The highest BCUT2D eigenvalue weighted by molar-refractivity contribution is 6.02. The molecule has 0 radical (unpaired) electrons. The third-order valence-corrected chi connectivity index (χ3v) is 5.94. The Morgan fingerprint density at radius 3 is 2.67 bits per heavy atom. The molecule has 12 nitrogen and oxygen atoms in total. The zero-order chi connectivity index (χ0) is 27.9. The molecule has 0 aliphatic rings. The molecule has 204 valence electrons. The number of carbonyl (C=O) groups is 1. The van der Waals surface area contributed by atoms with E-state index in [1.54, 1.807) is 36.3 Å². The van der Waals surface area contributed by atoms with Crippen LogP contribution in [0.5, 0.6) is 5.75 Å². The molecule has 0 atom stereocenters. The Morgan fingerprint density at radius 2 is 1.95 bits per heavy atom. The van der Waals surface area contributed by atoms with Crippen LogP contribution in [0.2, 0.25) is 0 Å². The van der Waals surface area contributed by atoms with Gasteiger partial charge in [0.05, 0.1) is 29.7 Å². The summed E-state index contributed by atoms with van der Waals surface area (Å²) in [5.41, 5.74) is 3.55. The van der Waals surface area contributed by atoms with E-state index in [1.807, 2.05) is 46.3 Å². The van der Waals surface area contributed by atoms with Crippen LogP contribution in [-0.4, -0.2) is 83.4 Å². The molecule has 4 aromatic rings. The maximum absolute atomic E-state index is 12.3. The first-order chi connectivity index (χ1) is 18.8. The number of hydrogen-bond acceptors (Lipinski definition) is 10. The van der Waals surface area contributed by atoms with Crippen LogP contribution in [0.15, 0.2) is 55.4 Å². The van der Waals surface area contributed by atoms with Gasteiger partial charge in [-0.15, -0.1) is 5.10 Å². The van der Waals surface area contributed by atoms with E-state index in [-0.39, 0.29) is 5.91 Å². The SMILES string of the molecule is C=CC(=O)Nc1cc(Nc2nccc(-n3nc(NCC)c4ncccc43)n2)c(OC)cc1N(C)CCN(C)C. The van der Waals surface area contributed by atoms with Crippen LogP contribution in [0.4, 0.5) is 28.8 Å². The molecule has 1 amide bonds. The first kappa shape index (κ1) is 27.3. The number of nitrogens with zero attached hydrogens (tertiary/aromatic N) is 7. The summed E-state index contributed by atoms with van der Waals surface area (Å²) in [5.74, 6) is 1.82. The van der Waals surface area contributed by atoms with Gasteiger partial charge < -0.3 is 30.5 Å². The molecule has 1 aromatic carbocycles. The Kier molecular flexibility index (Phi) is 8.56. The number of likely N-dealkylation sites (N-methyl/N-ethyl adjacent to an activating group) is 2. The van der Waals surface area contributed by atoms with Crippen LogP contribution >= 0.6 is 0 Å². The molecule has 0 aliphatic heterocycles. The Labute approximate surface area is 227 Å². The van der Waals surface area contributed by atoms with Crippen molar-refractivity contribution in [2.75, 3.05) is 68.7 Å². The highest BCUT2D eigenvalue weighted by Crippen LogP contribution is 2.38. The van der Waals surface area contributed by atoms with E-state index in [0.29, 0.717) is 41.3 Å². The Balaban J connectivity index is 1.71. The van der Waals surface area contributed by atoms with Crippen molar-refractivity contribution in [3.8, 4) is 11.6 Å². The maximum Gasteiger partial charge on any atom is 0.247 e. The van der Waals surface area contributed by atoms with Crippen LogP contribution in [0.3, 0.4) is 0 Å². The van der Waals surface area contributed by atoms with Gasteiger partial charge in [0.1, 0.15) is 11.3 Å². The minimum absolute atomic E-state index is 0.317. The van der Waals surface area contributed by atoms with Gasteiger partial charge in [-0.3, -0.25) is 9.78 Å². The number of carbonyl (C=O) groups excluding carboxylic acids is 1. The molecular weight excluding hydrogens is 496 g/mol. The van der Waals surface area contributed by atoms with Gasteiger partial charge in [-0.05, 0) is 45.3 Å². The van der Waals surface area contributed by atoms with E-state index in [0.717, 1.165) is 29.8 Å². The van der Waals surface area contributed by atoms with Gasteiger partial charge in [-0.25, -0.2) is 9.67 Å². The molecule has 3 heterocycles. The van der Waals surface area contributed by atoms with Crippen molar-refractivity contribution >= 4 is 45.8 Å². The van der Waals surface area contributed by atoms with Crippen molar-refractivity contribution in [2.45, 2.75) is 6.92 Å². The third kappa shape index (κ3) is 6.24. The van der Waals surface area contributed by atoms with Gasteiger partial charge in [-0.2, -0.15) is 4.98 Å². The number of rotatable bonds is 12. The maximum atomic E-state index is 12.3. The molecule has 4 rings (SSSR count). The molecule has 3 N–H and O–H groups in total. The predicted molar refractivity (Wildman–Crippen MR) is 156 cm³/mol. The smallest absolute Gasteiger partial charge is 0.247 e. The average Bonchev–Trinajstić information content (AvgIpc) is 3.30. The second-order valence-corrected chi connectivity index (χ2v) is 9.01. The topological polar surface area (TPSA) is 125 Å². The molecule has 0 unspecified atom stereocenters. The summed E-state index contributed by atoms with van der Waals surface area (Å²) < 4.78 is 7.43. The lowest BCUT2D eigenvalue weighted by Crippen LogP contribution is -2.29. The van der Waals surface area contributed by atoms with Gasteiger partial charge in [0, 0.05) is 51.2 Å². The van der Waals surface area contributed by atoms with E-state index in [1.165, 1.54) is 6.08 Å². The van der Waals surface area contributed by atoms with E-state index in [4.69, 9.17) is 9.72 Å². The number of amides is 1. The summed E-state index contributed by atoms with van der Waals surface area (Å²) in [4.78, 5) is 30.0. The molecule has 3 aromatic heterocycles. The van der Waals surface area contributed by atoms with E-state index in [9.17, 15) is 4.79 Å². The molecule has 0 fully saturated rings. The fourth-order valence-corrected chi connectivity index (χ4v) is 3.97. The monoisotopic (exact) mass is 530 g/mol. The number of aromatic nitrogens is 5. The number of anilines is 5. The zero-order valence-electron chi connectivity index (χ0n) is 22.9. The summed E-state index contributed by atoms with van der Waals surface area (Å²) in [6, 6.07) is 9.24. The normalized spacial score (nSPS) is 10.9. The molecular formula is C27H34N10O2. The van der Waals surface area contributed by atoms with Crippen molar-refractivity contribution in [1.29, 1.82) is 0 Å². The number of methoxy groups -OCH3 is 1. The van der Waals surface area contributed by atoms with Crippen LogP contribution in [0, 0.1) is 0 Å². The van der Waals surface area contributed by atoms with Crippen molar-refractivity contribution < 1.29 is 9.53 Å². The summed E-state index contributed by atoms with van der Waals surface area (Å²) in [5, 5.41) is 14.1. The first-order valence-electron chi connectivity index (χ1n) is 12.5. The number of hydrogen-bond donors (Lipinski definition) is 3. The van der Waals surface area contributed by atoms with Gasteiger partial charge >= 0.3 is 0 Å².